The highest BCUT2D eigenvalue weighted by molar-refractivity contribution is 6.99. The Bertz CT molecular complexity index is 1570. The number of carbonyl (C=O) groups is 1. The van der Waals surface area contributed by atoms with Gasteiger partial charge in [-0.25, -0.2) is 15.0 Å². The van der Waals surface area contributed by atoms with E-state index in [1.165, 1.54) is 13.3 Å². The maximum atomic E-state index is 12.0. The number of nitrogens with zero attached hydrogens (tertiary/aromatic N) is 5. The van der Waals surface area contributed by atoms with Gasteiger partial charge in [0.15, 0.2) is 11.5 Å². The summed E-state index contributed by atoms with van der Waals surface area (Å²) in [5.41, 5.74) is 5.97. The van der Waals surface area contributed by atoms with Gasteiger partial charge in [0.05, 0.1) is 31.7 Å². The van der Waals surface area contributed by atoms with Crippen molar-refractivity contribution in [2.75, 3.05) is 18.9 Å². The van der Waals surface area contributed by atoms with E-state index >= 15 is 0 Å². The average Bonchev–Trinajstić information content (AvgIpc) is 3.55. The first-order valence-electron chi connectivity index (χ1n) is 13.5. The van der Waals surface area contributed by atoms with Crippen LogP contribution in [0.15, 0.2) is 85.5 Å². The molecule has 0 aliphatic heterocycles. The zero-order valence-electron chi connectivity index (χ0n) is 23.7. The van der Waals surface area contributed by atoms with E-state index in [1.807, 2.05) is 53.1 Å². The number of anilines is 1. The van der Waals surface area contributed by atoms with E-state index in [0.717, 1.165) is 10.4 Å². The number of rotatable bonds is 8. The smallest absolute Gasteiger partial charge is 0.302 e. The second-order valence-corrected chi connectivity index (χ2v) is 15.8. The van der Waals surface area contributed by atoms with E-state index in [0.29, 0.717) is 11.2 Å². The number of benzene rings is 2. The number of nitriles is 1. The summed E-state index contributed by atoms with van der Waals surface area (Å²) < 4.78 is 14.6. The molecule has 3 atom stereocenters. The normalized spacial score (nSPS) is 20.7. The van der Waals surface area contributed by atoms with Gasteiger partial charge in [-0.1, -0.05) is 93.6 Å². The summed E-state index contributed by atoms with van der Waals surface area (Å²) in [6.07, 6.45) is 6.87. The zero-order valence-corrected chi connectivity index (χ0v) is 24.7. The third-order valence-corrected chi connectivity index (χ3v) is 13.0. The fourth-order valence-electron chi connectivity index (χ4n) is 5.96. The number of allylic oxidation sites excluding steroid dienone is 1. The molecule has 0 saturated heterocycles. The van der Waals surface area contributed by atoms with E-state index < -0.39 is 25.6 Å². The number of fused-ring (bicyclic) bond motifs is 1. The van der Waals surface area contributed by atoms with Crippen molar-refractivity contribution in [3.05, 3.63) is 85.5 Å². The molecule has 0 fully saturated rings. The maximum absolute atomic E-state index is 12.0. The van der Waals surface area contributed by atoms with Gasteiger partial charge in [-0.15, -0.1) is 0 Å². The Labute approximate surface area is 240 Å². The molecule has 5 rings (SSSR count). The topological polar surface area (TPSA) is 129 Å². The van der Waals surface area contributed by atoms with Crippen LogP contribution in [-0.4, -0.2) is 47.0 Å². The molecule has 9 nitrogen and oxygen atoms in total. The van der Waals surface area contributed by atoms with Gasteiger partial charge in [-0.2, -0.15) is 5.26 Å². The summed E-state index contributed by atoms with van der Waals surface area (Å²) in [5, 5.41) is 12.8. The molecule has 0 spiro atoms. The van der Waals surface area contributed by atoms with Crippen LogP contribution in [0.1, 0.15) is 33.7 Å². The van der Waals surface area contributed by atoms with E-state index in [1.54, 1.807) is 6.33 Å². The lowest BCUT2D eigenvalue weighted by Crippen LogP contribution is -2.67. The van der Waals surface area contributed by atoms with Gasteiger partial charge in [0.2, 0.25) is 0 Å². The molecule has 41 heavy (non-hydrogen) atoms. The van der Waals surface area contributed by atoms with Crippen LogP contribution in [0.3, 0.4) is 0 Å². The molecule has 0 saturated carbocycles. The molecule has 2 aromatic carbocycles. The van der Waals surface area contributed by atoms with Gasteiger partial charge >= 0.3 is 5.97 Å². The molecule has 10 heteroatoms. The minimum atomic E-state index is -2.94. The van der Waals surface area contributed by atoms with E-state index in [4.69, 9.17) is 14.9 Å². The zero-order chi connectivity index (χ0) is 29.3. The van der Waals surface area contributed by atoms with Crippen molar-refractivity contribution < 1.29 is 14.0 Å². The minimum absolute atomic E-state index is 0.0188. The van der Waals surface area contributed by atoms with Crippen LogP contribution in [0.4, 0.5) is 5.82 Å². The standard InChI is InChI=1S/C31H34N6O3Si/c1-22(38)39-17-25-26(37-21-36-27-28(33)34-20-35-29(27)37)15-16-31(25,18-32)19-40-41(30(2,3)4,23-11-7-5-8-12-23)24-13-9-6-10-14-24/h5-16,20-21,25-26H,17,19H2,1-4H3,(H2,33,34,35)/t25-,26+,31-/m0/s1. The highest BCUT2D eigenvalue weighted by Crippen LogP contribution is 2.47. The number of imidazole rings is 1. The summed E-state index contributed by atoms with van der Waals surface area (Å²) in [6, 6.07) is 22.8. The monoisotopic (exact) mass is 566 g/mol. The molecule has 0 bridgehead atoms. The highest BCUT2D eigenvalue weighted by atomic mass is 28.4. The summed E-state index contributed by atoms with van der Waals surface area (Å²) in [4.78, 5) is 24.8. The van der Waals surface area contributed by atoms with Gasteiger partial charge < -0.3 is 19.5 Å². The molecule has 0 radical (unpaired) electrons. The Balaban J connectivity index is 1.59. The third kappa shape index (κ3) is 4.92. The van der Waals surface area contributed by atoms with E-state index in [2.05, 4.69) is 66.1 Å². The van der Waals surface area contributed by atoms with Crippen LogP contribution in [0.2, 0.25) is 5.04 Å². The lowest BCUT2D eigenvalue weighted by atomic mass is 9.79. The molecule has 0 amide bonds. The Morgan fingerprint density at radius 1 is 1.07 bits per heavy atom. The number of hydrogen-bond donors (Lipinski definition) is 1. The molecule has 2 heterocycles. The lowest BCUT2D eigenvalue weighted by molar-refractivity contribution is -0.143. The molecule has 0 unspecified atom stereocenters. The van der Waals surface area contributed by atoms with Crippen molar-refractivity contribution in [2.24, 2.45) is 11.3 Å². The maximum Gasteiger partial charge on any atom is 0.302 e. The van der Waals surface area contributed by atoms with Crippen molar-refractivity contribution in [1.29, 1.82) is 5.26 Å². The number of esters is 1. The Morgan fingerprint density at radius 3 is 2.27 bits per heavy atom. The highest BCUT2D eigenvalue weighted by Gasteiger charge is 2.54. The predicted octanol–water partition coefficient (Wildman–Crippen LogP) is 3.79. The van der Waals surface area contributed by atoms with Crippen LogP contribution in [-0.2, 0) is 14.0 Å². The van der Waals surface area contributed by atoms with Crippen LogP contribution < -0.4 is 16.1 Å². The Morgan fingerprint density at radius 2 is 1.71 bits per heavy atom. The summed E-state index contributed by atoms with van der Waals surface area (Å²) >= 11 is 0. The average molecular weight is 567 g/mol. The number of ether oxygens (including phenoxy) is 1. The van der Waals surface area contributed by atoms with Crippen LogP contribution in [0.25, 0.3) is 11.2 Å². The first kappa shape index (κ1) is 28.2. The molecule has 1 aliphatic carbocycles. The third-order valence-electron chi connectivity index (χ3n) is 7.99. The fraction of sp³-hybridized carbons (Fsp3) is 0.323. The second-order valence-electron chi connectivity index (χ2n) is 11.4. The summed E-state index contributed by atoms with van der Waals surface area (Å²) in [5.74, 6) is -0.616. The number of aromatic nitrogens is 4. The lowest BCUT2D eigenvalue weighted by Gasteiger charge is -2.45. The SMILES string of the molecule is CC(=O)OC[C@H]1[C@H](n2cnc3c(N)ncnc32)C=C[C@]1(C#N)CO[Si](c1ccccc1)(c1ccccc1)C(C)(C)C. The molecule has 4 aromatic rings. The quantitative estimate of drug-likeness (QED) is 0.194. The van der Waals surface area contributed by atoms with Gasteiger partial charge in [-0.3, -0.25) is 4.79 Å². The molecular weight excluding hydrogens is 532 g/mol. The fourth-order valence-corrected chi connectivity index (χ4v) is 10.6. The predicted molar refractivity (Wildman–Crippen MR) is 160 cm³/mol. The van der Waals surface area contributed by atoms with Crippen molar-refractivity contribution in [3.8, 4) is 6.07 Å². The van der Waals surface area contributed by atoms with Crippen LogP contribution >= 0.6 is 0 Å². The Kier molecular flexibility index (Phi) is 7.51. The van der Waals surface area contributed by atoms with Gasteiger partial charge in [-0.05, 0) is 15.4 Å². The molecule has 1 aliphatic rings. The van der Waals surface area contributed by atoms with Gasteiger partial charge in [0.25, 0.3) is 8.32 Å². The van der Waals surface area contributed by atoms with Gasteiger partial charge in [0, 0.05) is 12.8 Å². The molecular formula is C31H34N6O3Si. The number of nitrogens with two attached hydrogens (primary N) is 1. The molecule has 210 valence electrons. The molecule has 2 aromatic heterocycles. The van der Waals surface area contributed by atoms with Crippen LogP contribution in [0, 0.1) is 22.7 Å². The number of hydrogen-bond acceptors (Lipinski definition) is 8. The van der Waals surface area contributed by atoms with Crippen molar-refractivity contribution in [1.82, 2.24) is 19.5 Å². The van der Waals surface area contributed by atoms with Gasteiger partial charge in [0.1, 0.15) is 17.3 Å². The van der Waals surface area contributed by atoms with E-state index in [9.17, 15) is 10.1 Å². The molecule has 2 N–H and O–H groups in total. The largest absolute Gasteiger partial charge is 0.465 e. The summed E-state index contributed by atoms with van der Waals surface area (Å²) in [7, 11) is -2.94. The number of nitrogen functional groups attached to an aromatic ring is 1. The second kappa shape index (κ2) is 10.9. The summed E-state index contributed by atoms with van der Waals surface area (Å²) in [6.45, 7) is 8.09. The van der Waals surface area contributed by atoms with Crippen molar-refractivity contribution in [2.45, 2.75) is 38.8 Å². The van der Waals surface area contributed by atoms with E-state index in [-0.39, 0.29) is 30.1 Å². The minimum Gasteiger partial charge on any atom is -0.465 e. The Hall–Kier alpha value is -4.33. The first-order chi connectivity index (χ1) is 19.6. The van der Waals surface area contributed by atoms with Crippen molar-refractivity contribution >= 4 is 41.6 Å². The van der Waals surface area contributed by atoms with Crippen molar-refractivity contribution in [3.63, 3.8) is 0 Å². The number of carbonyl (C=O) groups excluding carboxylic acids is 1. The van der Waals surface area contributed by atoms with Crippen LogP contribution in [0.5, 0.6) is 0 Å². The first-order valence-corrected chi connectivity index (χ1v) is 15.5.